The van der Waals surface area contributed by atoms with Crippen LogP contribution < -0.4 is 0 Å². The van der Waals surface area contributed by atoms with Crippen LogP contribution >= 0.6 is 0 Å². The Morgan fingerprint density at radius 2 is 1.36 bits per heavy atom. The first kappa shape index (κ1) is 11.6. The average molecular weight is 192 g/mol. The van der Waals surface area contributed by atoms with Gasteiger partial charge in [-0.2, -0.15) is 0 Å². The summed E-state index contributed by atoms with van der Waals surface area (Å²) in [6, 6.07) is 0. The van der Waals surface area contributed by atoms with Gasteiger partial charge < -0.3 is 0 Å². The third-order valence-corrected chi connectivity index (χ3v) is 2.97. The van der Waals surface area contributed by atoms with Crippen LogP contribution in [0.15, 0.2) is 24.3 Å². The molecule has 0 radical (unpaired) electrons. The monoisotopic (exact) mass is 192 g/mol. The molecule has 1 aliphatic carbocycles. The Morgan fingerprint density at radius 1 is 0.786 bits per heavy atom. The van der Waals surface area contributed by atoms with Gasteiger partial charge in [0.15, 0.2) is 0 Å². The van der Waals surface area contributed by atoms with Gasteiger partial charge in [-0.25, -0.2) is 0 Å². The van der Waals surface area contributed by atoms with Crippen molar-refractivity contribution in [1.29, 1.82) is 0 Å². The van der Waals surface area contributed by atoms with Crippen molar-refractivity contribution in [2.45, 2.75) is 58.3 Å². The molecule has 0 saturated heterocycles. The van der Waals surface area contributed by atoms with Gasteiger partial charge in [0, 0.05) is 0 Å². The molecule has 0 amide bonds. The molecule has 0 aromatic carbocycles. The second kappa shape index (κ2) is 7.84. The zero-order valence-electron chi connectivity index (χ0n) is 9.54. The summed E-state index contributed by atoms with van der Waals surface area (Å²) in [4.78, 5) is 0. The number of hydrogen-bond donors (Lipinski definition) is 0. The minimum Gasteiger partial charge on any atom is -0.0776 e. The quantitative estimate of drug-likeness (QED) is 0.481. The highest BCUT2D eigenvalue weighted by Crippen LogP contribution is 2.17. The average Bonchev–Trinajstić information content (AvgIpc) is 2.69. The van der Waals surface area contributed by atoms with E-state index in [-0.39, 0.29) is 0 Å². The second-order valence-corrected chi connectivity index (χ2v) is 4.34. The molecule has 0 aromatic heterocycles. The van der Waals surface area contributed by atoms with Gasteiger partial charge >= 0.3 is 0 Å². The molecule has 0 saturated carbocycles. The predicted molar refractivity (Wildman–Crippen MR) is 64.4 cm³/mol. The number of allylic oxidation sites excluding steroid dienone is 4. The van der Waals surface area contributed by atoms with Crippen LogP contribution in [0, 0.1) is 5.92 Å². The van der Waals surface area contributed by atoms with Crippen molar-refractivity contribution >= 4 is 0 Å². The zero-order chi connectivity index (χ0) is 10.1. The Labute approximate surface area is 89.1 Å². The normalized spacial score (nSPS) is 15.5. The molecular formula is C14H24. The molecular weight excluding hydrogens is 168 g/mol. The predicted octanol–water partition coefficient (Wildman–Crippen LogP) is 4.87. The van der Waals surface area contributed by atoms with Crippen molar-refractivity contribution in [2.75, 3.05) is 0 Å². The van der Waals surface area contributed by atoms with Gasteiger partial charge in [0.05, 0.1) is 0 Å². The lowest BCUT2D eigenvalue weighted by atomic mass is 10.0. The van der Waals surface area contributed by atoms with Crippen molar-refractivity contribution in [3.05, 3.63) is 24.3 Å². The number of rotatable bonds is 8. The minimum absolute atomic E-state index is 0.755. The summed E-state index contributed by atoms with van der Waals surface area (Å²) in [7, 11) is 0. The standard InChI is InChI=1S/C14H24/c1-2-3-4-5-6-7-8-11-14-12-9-10-13-14/h9-10,12-14H,2-8,11H2,1H3. The summed E-state index contributed by atoms with van der Waals surface area (Å²) in [5, 5.41) is 0. The van der Waals surface area contributed by atoms with Gasteiger partial charge in [-0.3, -0.25) is 0 Å². The summed E-state index contributed by atoms with van der Waals surface area (Å²) in [5.74, 6) is 0.755. The van der Waals surface area contributed by atoms with Crippen molar-refractivity contribution in [3.8, 4) is 0 Å². The van der Waals surface area contributed by atoms with Crippen LogP contribution in [0.3, 0.4) is 0 Å². The summed E-state index contributed by atoms with van der Waals surface area (Å²) in [6.07, 6.45) is 20.3. The van der Waals surface area contributed by atoms with Gasteiger partial charge in [-0.1, -0.05) is 76.2 Å². The maximum atomic E-state index is 2.32. The fraction of sp³-hybridized carbons (Fsp3) is 0.714. The first-order valence-electron chi connectivity index (χ1n) is 6.28. The first-order chi connectivity index (χ1) is 6.93. The van der Waals surface area contributed by atoms with E-state index in [1.807, 2.05) is 0 Å². The highest BCUT2D eigenvalue weighted by atomic mass is 14.1. The molecule has 0 N–H and O–H groups in total. The van der Waals surface area contributed by atoms with E-state index in [9.17, 15) is 0 Å². The lowest BCUT2D eigenvalue weighted by Gasteiger charge is -2.04. The zero-order valence-corrected chi connectivity index (χ0v) is 9.54. The molecule has 0 atom stereocenters. The molecule has 0 heteroatoms. The highest BCUT2D eigenvalue weighted by molar-refractivity contribution is 5.17. The second-order valence-electron chi connectivity index (χ2n) is 4.34. The summed E-state index contributed by atoms with van der Waals surface area (Å²) < 4.78 is 0. The summed E-state index contributed by atoms with van der Waals surface area (Å²) in [5.41, 5.74) is 0. The molecule has 0 bridgehead atoms. The smallest absolute Gasteiger partial charge is 0.00473 e. The van der Waals surface area contributed by atoms with Crippen molar-refractivity contribution in [1.82, 2.24) is 0 Å². The summed E-state index contributed by atoms with van der Waals surface area (Å²) in [6.45, 7) is 2.28. The molecule has 0 aliphatic heterocycles. The van der Waals surface area contributed by atoms with Crippen LogP contribution in [0.1, 0.15) is 58.3 Å². The van der Waals surface area contributed by atoms with Crippen LogP contribution in [0.5, 0.6) is 0 Å². The molecule has 0 aromatic rings. The van der Waals surface area contributed by atoms with E-state index < -0.39 is 0 Å². The molecule has 1 rings (SSSR count). The topological polar surface area (TPSA) is 0 Å². The van der Waals surface area contributed by atoms with Gasteiger partial charge in [-0.15, -0.1) is 0 Å². The Morgan fingerprint density at radius 3 is 2.00 bits per heavy atom. The molecule has 0 unspecified atom stereocenters. The molecule has 0 heterocycles. The van der Waals surface area contributed by atoms with Crippen molar-refractivity contribution in [2.24, 2.45) is 5.92 Å². The van der Waals surface area contributed by atoms with E-state index in [0.717, 1.165) is 5.92 Å². The molecule has 0 fully saturated rings. The van der Waals surface area contributed by atoms with E-state index in [1.54, 1.807) is 0 Å². The molecule has 80 valence electrons. The number of unbranched alkanes of at least 4 members (excludes halogenated alkanes) is 6. The maximum Gasteiger partial charge on any atom is -0.00473 e. The van der Waals surface area contributed by atoms with Gasteiger partial charge in [0.2, 0.25) is 0 Å². The van der Waals surface area contributed by atoms with E-state index >= 15 is 0 Å². The fourth-order valence-corrected chi connectivity index (χ4v) is 2.01. The first-order valence-corrected chi connectivity index (χ1v) is 6.28. The van der Waals surface area contributed by atoms with Crippen LogP contribution in [0.2, 0.25) is 0 Å². The van der Waals surface area contributed by atoms with Gasteiger partial charge in [0.25, 0.3) is 0 Å². The van der Waals surface area contributed by atoms with Gasteiger partial charge in [0.1, 0.15) is 0 Å². The van der Waals surface area contributed by atoms with Crippen molar-refractivity contribution in [3.63, 3.8) is 0 Å². The van der Waals surface area contributed by atoms with Crippen molar-refractivity contribution < 1.29 is 0 Å². The third-order valence-electron chi connectivity index (χ3n) is 2.97. The Hall–Kier alpha value is -0.520. The Balaban J connectivity index is 1.80. The molecule has 1 aliphatic rings. The summed E-state index contributed by atoms with van der Waals surface area (Å²) >= 11 is 0. The lowest BCUT2D eigenvalue weighted by Crippen LogP contribution is -1.89. The number of hydrogen-bond acceptors (Lipinski definition) is 0. The largest absolute Gasteiger partial charge is 0.0776 e. The van der Waals surface area contributed by atoms with Crippen LogP contribution in [0.4, 0.5) is 0 Å². The van der Waals surface area contributed by atoms with E-state index in [1.165, 1.54) is 51.4 Å². The Kier molecular flexibility index (Phi) is 6.47. The minimum atomic E-state index is 0.755. The van der Waals surface area contributed by atoms with E-state index in [0.29, 0.717) is 0 Å². The molecule has 0 spiro atoms. The van der Waals surface area contributed by atoms with Crippen LogP contribution in [-0.4, -0.2) is 0 Å². The molecule has 0 nitrogen and oxygen atoms in total. The molecule has 14 heavy (non-hydrogen) atoms. The highest BCUT2D eigenvalue weighted by Gasteiger charge is 2.02. The van der Waals surface area contributed by atoms with E-state index in [4.69, 9.17) is 0 Å². The Bertz CT molecular complexity index is 164. The third kappa shape index (κ3) is 5.26. The lowest BCUT2D eigenvalue weighted by molar-refractivity contribution is 0.556. The fourth-order valence-electron chi connectivity index (χ4n) is 2.01. The van der Waals surface area contributed by atoms with Crippen LogP contribution in [0.25, 0.3) is 0 Å². The van der Waals surface area contributed by atoms with E-state index in [2.05, 4.69) is 31.2 Å². The maximum absolute atomic E-state index is 2.32. The SMILES string of the molecule is CCCCCCCCCC1C=CC=C1. The van der Waals surface area contributed by atoms with Gasteiger partial charge in [-0.05, 0) is 12.3 Å². The van der Waals surface area contributed by atoms with Crippen LogP contribution in [-0.2, 0) is 0 Å².